The van der Waals surface area contributed by atoms with E-state index >= 15 is 0 Å². The van der Waals surface area contributed by atoms with Crippen molar-refractivity contribution in [2.75, 3.05) is 52.6 Å². The van der Waals surface area contributed by atoms with Crippen molar-refractivity contribution in [3.05, 3.63) is 53.8 Å². The van der Waals surface area contributed by atoms with E-state index in [0.29, 0.717) is 39.7 Å². The highest BCUT2D eigenvalue weighted by Crippen LogP contribution is 2.33. The molecule has 2 aromatic carbocycles. The number of carbonyl (C=O) groups is 1. The molecule has 11 heteroatoms. The second kappa shape index (κ2) is 9.92. The van der Waals surface area contributed by atoms with Crippen LogP contribution in [0, 0.1) is 5.82 Å². The molecule has 2 N–H and O–H groups in total. The lowest BCUT2D eigenvalue weighted by molar-refractivity contribution is -0.0256. The summed E-state index contributed by atoms with van der Waals surface area (Å²) in [6.45, 7) is 4.60. The molecule has 192 valence electrons. The number of hydrogen-bond donors (Lipinski definition) is 2. The van der Waals surface area contributed by atoms with E-state index in [9.17, 15) is 9.18 Å². The van der Waals surface area contributed by atoms with Crippen LogP contribution in [0.5, 0.6) is 5.75 Å². The van der Waals surface area contributed by atoms with Crippen molar-refractivity contribution in [2.24, 2.45) is 0 Å². The standard InChI is InChI=1S/C26H26FN5O5/c27-20-11-19-22(13-23(20)36-10-7-33)28-29-25(19)24-12-21(30-37-24)16-1-3-17(4-2-16)26(34)32-14-18(15-32)31-5-8-35-9-6-31/h1-4,11-13,18,33H,5-10,14-15H2,(H,28,29). The Morgan fingerprint density at radius 2 is 1.95 bits per heavy atom. The van der Waals surface area contributed by atoms with E-state index in [-0.39, 0.29) is 24.9 Å². The average Bonchev–Trinajstić information content (AvgIpc) is 3.54. The monoisotopic (exact) mass is 507 g/mol. The molecule has 0 aliphatic carbocycles. The van der Waals surface area contributed by atoms with Crippen LogP contribution in [-0.4, -0.2) is 94.8 Å². The fourth-order valence-electron chi connectivity index (χ4n) is 4.76. The summed E-state index contributed by atoms with van der Waals surface area (Å²) in [6.07, 6.45) is 0. The number of fused-ring (bicyclic) bond motifs is 1. The number of benzene rings is 2. The zero-order valence-electron chi connectivity index (χ0n) is 20.0. The van der Waals surface area contributed by atoms with Gasteiger partial charge in [0.15, 0.2) is 17.3 Å². The maximum absolute atomic E-state index is 14.5. The van der Waals surface area contributed by atoms with Crippen LogP contribution in [0.3, 0.4) is 0 Å². The van der Waals surface area contributed by atoms with Gasteiger partial charge in [-0.05, 0) is 18.2 Å². The normalized spacial score (nSPS) is 16.8. The number of aromatic amines is 1. The first kappa shape index (κ1) is 23.6. The number of carbonyl (C=O) groups excluding carboxylic acids is 1. The van der Waals surface area contributed by atoms with Gasteiger partial charge in [0.05, 0.1) is 25.3 Å². The minimum atomic E-state index is -0.568. The summed E-state index contributed by atoms with van der Waals surface area (Å²) in [5.41, 5.74) is 2.96. The highest BCUT2D eigenvalue weighted by molar-refractivity contribution is 5.95. The Hall–Kier alpha value is -3.80. The number of halogens is 1. The third-order valence-electron chi connectivity index (χ3n) is 6.85. The van der Waals surface area contributed by atoms with Crippen LogP contribution in [0.15, 0.2) is 47.0 Å². The molecule has 0 saturated carbocycles. The molecule has 37 heavy (non-hydrogen) atoms. The molecule has 0 radical (unpaired) electrons. The van der Waals surface area contributed by atoms with Gasteiger partial charge >= 0.3 is 0 Å². The average molecular weight is 508 g/mol. The largest absolute Gasteiger partial charge is 0.488 e. The van der Waals surface area contributed by atoms with E-state index in [0.717, 1.165) is 45.0 Å². The zero-order valence-corrected chi connectivity index (χ0v) is 20.0. The molecule has 0 atom stereocenters. The minimum Gasteiger partial charge on any atom is -0.488 e. The van der Waals surface area contributed by atoms with E-state index in [2.05, 4.69) is 20.3 Å². The predicted molar refractivity (Wildman–Crippen MR) is 132 cm³/mol. The van der Waals surface area contributed by atoms with Crippen molar-refractivity contribution in [1.82, 2.24) is 25.2 Å². The predicted octanol–water partition coefficient (Wildman–Crippen LogP) is 2.55. The lowest BCUT2D eigenvalue weighted by Gasteiger charge is -2.46. The molecule has 2 aromatic heterocycles. The van der Waals surface area contributed by atoms with Gasteiger partial charge in [0.25, 0.3) is 5.91 Å². The van der Waals surface area contributed by atoms with Gasteiger partial charge in [-0.25, -0.2) is 4.39 Å². The summed E-state index contributed by atoms with van der Waals surface area (Å²) in [7, 11) is 0. The van der Waals surface area contributed by atoms with Crippen molar-refractivity contribution in [1.29, 1.82) is 0 Å². The third kappa shape index (κ3) is 4.57. The second-order valence-electron chi connectivity index (χ2n) is 9.14. The van der Waals surface area contributed by atoms with Gasteiger partial charge in [-0.3, -0.25) is 14.8 Å². The van der Waals surface area contributed by atoms with Gasteiger partial charge in [-0.1, -0.05) is 17.3 Å². The number of aliphatic hydroxyl groups is 1. The van der Waals surface area contributed by atoms with Crippen molar-refractivity contribution < 1.29 is 28.3 Å². The van der Waals surface area contributed by atoms with Crippen molar-refractivity contribution in [2.45, 2.75) is 6.04 Å². The van der Waals surface area contributed by atoms with Gasteiger partial charge in [0.2, 0.25) is 0 Å². The first-order valence-corrected chi connectivity index (χ1v) is 12.2. The Bertz CT molecular complexity index is 1410. The topological polar surface area (TPSA) is 117 Å². The molecule has 4 heterocycles. The van der Waals surface area contributed by atoms with Crippen molar-refractivity contribution in [3.63, 3.8) is 0 Å². The summed E-state index contributed by atoms with van der Waals surface area (Å²) in [5.74, 6) is -0.148. The first-order chi connectivity index (χ1) is 18.1. The minimum absolute atomic E-state index is 0.00768. The number of rotatable bonds is 7. The molecule has 10 nitrogen and oxygen atoms in total. The highest BCUT2D eigenvalue weighted by atomic mass is 19.1. The zero-order chi connectivity index (χ0) is 25.4. The molecule has 2 aliphatic heterocycles. The quantitative estimate of drug-likeness (QED) is 0.392. The Kier molecular flexibility index (Phi) is 6.33. The van der Waals surface area contributed by atoms with E-state index in [1.54, 1.807) is 18.2 Å². The number of ether oxygens (including phenoxy) is 2. The second-order valence-corrected chi connectivity index (χ2v) is 9.14. The number of hydrogen-bond acceptors (Lipinski definition) is 8. The van der Waals surface area contributed by atoms with Crippen molar-refractivity contribution in [3.8, 4) is 28.5 Å². The van der Waals surface area contributed by atoms with Crippen LogP contribution in [-0.2, 0) is 4.74 Å². The summed E-state index contributed by atoms with van der Waals surface area (Å²) in [5, 5.41) is 20.7. The third-order valence-corrected chi connectivity index (χ3v) is 6.85. The summed E-state index contributed by atoms with van der Waals surface area (Å²) in [6, 6.07) is 12.2. The van der Waals surface area contributed by atoms with Gasteiger partial charge in [0.1, 0.15) is 18.0 Å². The molecular formula is C26H26FN5O5. The maximum Gasteiger partial charge on any atom is 0.253 e. The Balaban J connectivity index is 1.14. The summed E-state index contributed by atoms with van der Waals surface area (Å²) in [4.78, 5) is 17.1. The number of amides is 1. The number of morpholine rings is 1. The Labute approximate surface area is 211 Å². The molecule has 6 rings (SSSR count). The first-order valence-electron chi connectivity index (χ1n) is 12.2. The lowest BCUT2D eigenvalue weighted by Crippen LogP contribution is -2.62. The van der Waals surface area contributed by atoms with Crippen LogP contribution in [0.1, 0.15) is 10.4 Å². The van der Waals surface area contributed by atoms with E-state index < -0.39 is 5.82 Å². The highest BCUT2D eigenvalue weighted by Gasteiger charge is 2.35. The van der Waals surface area contributed by atoms with Crippen LogP contribution >= 0.6 is 0 Å². The molecule has 0 unspecified atom stereocenters. The van der Waals surface area contributed by atoms with Crippen LogP contribution in [0.2, 0.25) is 0 Å². The molecule has 4 aromatic rings. The van der Waals surface area contributed by atoms with Gasteiger partial charge < -0.3 is 24.0 Å². The Morgan fingerprint density at radius 3 is 2.70 bits per heavy atom. The van der Waals surface area contributed by atoms with Crippen LogP contribution < -0.4 is 4.74 Å². The molecule has 2 saturated heterocycles. The van der Waals surface area contributed by atoms with Gasteiger partial charge in [0, 0.05) is 60.9 Å². The number of nitrogens with zero attached hydrogens (tertiary/aromatic N) is 4. The van der Waals surface area contributed by atoms with Gasteiger partial charge in [-0.15, -0.1) is 0 Å². The Morgan fingerprint density at radius 1 is 1.16 bits per heavy atom. The number of likely N-dealkylation sites (tertiary alicyclic amines) is 1. The van der Waals surface area contributed by atoms with E-state index in [4.69, 9.17) is 19.1 Å². The molecule has 2 aliphatic rings. The number of aromatic nitrogens is 3. The smallest absolute Gasteiger partial charge is 0.253 e. The maximum atomic E-state index is 14.5. The van der Waals surface area contributed by atoms with Crippen LogP contribution in [0.4, 0.5) is 4.39 Å². The number of aliphatic hydroxyl groups excluding tert-OH is 1. The summed E-state index contributed by atoms with van der Waals surface area (Å²) < 4.78 is 30.6. The van der Waals surface area contributed by atoms with Crippen LogP contribution in [0.25, 0.3) is 33.6 Å². The fourth-order valence-corrected chi connectivity index (χ4v) is 4.76. The van der Waals surface area contributed by atoms with E-state index in [1.807, 2.05) is 17.0 Å². The lowest BCUT2D eigenvalue weighted by atomic mass is 10.0. The fraction of sp³-hybridized carbons (Fsp3) is 0.346. The molecular weight excluding hydrogens is 481 g/mol. The SMILES string of the molecule is O=C(c1ccc(-c2cc(-c3n[nH]c4cc(OCCO)c(F)cc34)on2)cc1)N1CC(N2CCOCC2)C1. The molecule has 0 spiro atoms. The van der Waals surface area contributed by atoms with E-state index in [1.165, 1.54) is 12.1 Å². The number of nitrogens with one attached hydrogen (secondary N) is 1. The molecule has 1 amide bonds. The van der Waals surface area contributed by atoms with Crippen molar-refractivity contribution >= 4 is 16.8 Å². The number of H-pyrrole nitrogens is 1. The summed E-state index contributed by atoms with van der Waals surface area (Å²) >= 11 is 0. The van der Waals surface area contributed by atoms with Gasteiger partial charge in [-0.2, -0.15) is 5.10 Å². The molecule has 2 fully saturated rings. The molecule has 0 bridgehead atoms.